The highest BCUT2D eigenvalue weighted by Gasteiger charge is 2.11. The Morgan fingerprint density at radius 2 is 2.12 bits per heavy atom. The van der Waals surface area contributed by atoms with Crippen LogP contribution >= 0.6 is 38.6 Å². The van der Waals surface area contributed by atoms with Gasteiger partial charge in [-0.25, -0.2) is 0 Å². The highest BCUT2D eigenvalue weighted by atomic mass is 79.9. The highest BCUT2D eigenvalue weighted by molar-refractivity contribution is 9.11. The number of hydrogen-bond acceptors (Lipinski definition) is 3. The van der Waals surface area contributed by atoms with Gasteiger partial charge in [0.15, 0.2) is 0 Å². The number of aliphatic hydroxyl groups excluding tert-OH is 1. The Morgan fingerprint density at radius 1 is 1.38 bits per heavy atom. The Bertz CT molecular complexity index is 461. The van der Waals surface area contributed by atoms with Crippen LogP contribution in [0.3, 0.4) is 0 Å². The van der Waals surface area contributed by atoms with Gasteiger partial charge in [-0.05, 0) is 51.5 Å². The maximum absolute atomic E-state index is 10.1. The Balaban J connectivity index is 2.04. The second-order valence-electron chi connectivity index (χ2n) is 3.63. The predicted molar refractivity (Wildman–Crippen MR) is 74.4 cm³/mol. The Labute approximate surface area is 112 Å². The SMILES string of the molecule is CCc1ccc(CC(O)c2csc(Br)c2)s1. The average Bonchev–Trinajstić information content (AvgIpc) is 2.87. The summed E-state index contributed by atoms with van der Waals surface area (Å²) in [6, 6.07) is 6.26. The van der Waals surface area contributed by atoms with Gasteiger partial charge in [0.1, 0.15) is 0 Å². The zero-order valence-corrected chi connectivity index (χ0v) is 12.2. The van der Waals surface area contributed by atoms with E-state index < -0.39 is 0 Å². The molecular formula is C12H13BrOS2. The predicted octanol–water partition coefficient (Wildman–Crippen LogP) is 4.41. The lowest BCUT2D eigenvalue weighted by Crippen LogP contribution is -1.98. The summed E-state index contributed by atoms with van der Waals surface area (Å²) in [6.45, 7) is 2.15. The minimum Gasteiger partial charge on any atom is -0.388 e. The molecule has 0 fully saturated rings. The lowest BCUT2D eigenvalue weighted by atomic mass is 10.1. The van der Waals surface area contributed by atoms with E-state index in [0.717, 1.165) is 15.8 Å². The zero-order chi connectivity index (χ0) is 11.5. The number of aliphatic hydroxyl groups is 1. The van der Waals surface area contributed by atoms with E-state index in [4.69, 9.17) is 0 Å². The van der Waals surface area contributed by atoms with Crippen LogP contribution in [0.2, 0.25) is 0 Å². The van der Waals surface area contributed by atoms with E-state index in [1.807, 2.05) is 11.4 Å². The molecule has 2 rings (SSSR count). The van der Waals surface area contributed by atoms with E-state index in [1.54, 1.807) is 22.7 Å². The molecule has 2 heterocycles. The Morgan fingerprint density at radius 3 is 2.69 bits per heavy atom. The van der Waals surface area contributed by atoms with Crippen molar-refractivity contribution < 1.29 is 5.11 Å². The molecular weight excluding hydrogens is 304 g/mol. The first-order valence-electron chi connectivity index (χ1n) is 5.18. The van der Waals surface area contributed by atoms with Crippen LogP contribution in [0.25, 0.3) is 0 Å². The number of thiophene rings is 2. The molecule has 4 heteroatoms. The highest BCUT2D eigenvalue weighted by Crippen LogP contribution is 2.29. The van der Waals surface area contributed by atoms with Crippen LogP contribution in [0, 0.1) is 0 Å². The minimum absolute atomic E-state index is 0.383. The van der Waals surface area contributed by atoms with E-state index in [1.165, 1.54) is 9.75 Å². The van der Waals surface area contributed by atoms with Gasteiger partial charge in [0.25, 0.3) is 0 Å². The molecule has 0 saturated heterocycles. The van der Waals surface area contributed by atoms with Crippen LogP contribution in [-0.4, -0.2) is 5.11 Å². The normalized spacial score (nSPS) is 12.9. The third-order valence-electron chi connectivity index (χ3n) is 2.43. The molecule has 0 amide bonds. The third-order valence-corrected chi connectivity index (χ3v) is 5.21. The topological polar surface area (TPSA) is 20.2 Å². The first kappa shape index (κ1) is 12.3. The molecule has 0 aliphatic rings. The second-order valence-corrected chi connectivity index (χ2v) is 7.17. The molecule has 1 unspecified atom stereocenters. The number of halogens is 1. The van der Waals surface area contributed by atoms with E-state index >= 15 is 0 Å². The van der Waals surface area contributed by atoms with Crippen LogP contribution in [0.1, 0.15) is 28.3 Å². The molecule has 0 saturated carbocycles. The van der Waals surface area contributed by atoms with Crippen molar-refractivity contribution in [1.29, 1.82) is 0 Å². The summed E-state index contributed by atoms with van der Waals surface area (Å²) < 4.78 is 1.07. The molecule has 0 aliphatic heterocycles. The van der Waals surface area contributed by atoms with E-state index in [-0.39, 0.29) is 6.10 Å². The van der Waals surface area contributed by atoms with Crippen LogP contribution in [0.15, 0.2) is 27.4 Å². The molecule has 1 nitrogen and oxygen atoms in total. The largest absolute Gasteiger partial charge is 0.388 e. The summed E-state index contributed by atoms with van der Waals surface area (Å²) in [6.07, 6.45) is 1.41. The van der Waals surface area contributed by atoms with E-state index in [0.29, 0.717) is 6.42 Å². The quantitative estimate of drug-likeness (QED) is 0.885. The van der Waals surface area contributed by atoms with Gasteiger partial charge < -0.3 is 5.11 Å². The number of hydrogen-bond donors (Lipinski definition) is 1. The average molecular weight is 317 g/mol. The number of rotatable bonds is 4. The number of aryl methyl sites for hydroxylation is 1. The fraction of sp³-hybridized carbons (Fsp3) is 0.333. The summed E-state index contributed by atoms with van der Waals surface area (Å²) in [4.78, 5) is 2.64. The van der Waals surface area contributed by atoms with Crippen molar-refractivity contribution >= 4 is 38.6 Å². The molecule has 86 valence electrons. The van der Waals surface area contributed by atoms with Gasteiger partial charge in [0.05, 0.1) is 9.89 Å². The summed E-state index contributed by atoms with van der Waals surface area (Å²) in [5.74, 6) is 0. The van der Waals surface area contributed by atoms with Crippen LogP contribution in [0.4, 0.5) is 0 Å². The van der Waals surface area contributed by atoms with Gasteiger partial charge in [-0.15, -0.1) is 22.7 Å². The summed E-state index contributed by atoms with van der Waals surface area (Å²) in [5, 5.41) is 12.1. The van der Waals surface area contributed by atoms with E-state index in [2.05, 4.69) is 35.0 Å². The van der Waals surface area contributed by atoms with Crippen molar-refractivity contribution in [2.45, 2.75) is 25.9 Å². The lowest BCUT2D eigenvalue weighted by molar-refractivity contribution is 0.180. The van der Waals surface area contributed by atoms with Crippen molar-refractivity contribution in [2.75, 3.05) is 0 Å². The van der Waals surface area contributed by atoms with Crippen molar-refractivity contribution in [3.05, 3.63) is 42.7 Å². The first-order chi connectivity index (χ1) is 7.69. The molecule has 0 radical (unpaired) electrons. The molecule has 0 spiro atoms. The molecule has 0 bridgehead atoms. The monoisotopic (exact) mass is 316 g/mol. The maximum Gasteiger partial charge on any atom is 0.0846 e. The minimum atomic E-state index is -0.383. The van der Waals surface area contributed by atoms with Crippen molar-refractivity contribution in [3.8, 4) is 0 Å². The van der Waals surface area contributed by atoms with E-state index in [9.17, 15) is 5.11 Å². The van der Waals surface area contributed by atoms with Gasteiger partial charge in [0.2, 0.25) is 0 Å². The molecule has 1 atom stereocenters. The van der Waals surface area contributed by atoms with Crippen molar-refractivity contribution in [2.24, 2.45) is 0 Å². The van der Waals surface area contributed by atoms with Gasteiger partial charge in [-0.1, -0.05) is 6.92 Å². The van der Waals surface area contributed by atoms with Crippen LogP contribution in [-0.2, 0) is 12.8 Å². The molecule has 0 aliphatic carbocycles. The van der Waals surface area contributed by atoms with Crippen molar-refractivity contribution in [1.82, 2.24) is 0 Å². The molecule has 2 aromatic rings. The summed E-state index contributed by atoms with van der Waals surface area (Å²) in [5.41, 5.74) is 1.00. The van der Waals surface area contributed by atoms with Gasteiger partial charge in [0, 0.05) is 16.2 Å². The van der Waals surface area contributed by atoms with Crippen molar-refractivity contribution in [3.63, 3.8) is 0 Å². The standard InChI is InChI=1S/C12H13BrOS2/c1-2-9-3-4-10(16-9)6-11(14)8-5-12(13)15-7-8/h3-5,7,11,14H,2,6H2,1H3. The van der Waals surface area contributed by atoms with Crippen LogP contribution < -0.4 is 0 Å². The maximum atomic E-state index is 10.1. The summed E-state index contributed by atoms with van der Waals surface area (Å²) in [7, 11) is 0. The smallest absolute Gasteiger partial charge is 0.0846 e. The fourth-order valence-electron chi connectivity index (χ4n) is 1.53. The second kappa shape index (κ2) is 5.45. The summed E-state index contributed by atoms with van der Waals surface area (Å²) >= 11 is 6.82. The molecule has 16 heavy (non-hydrogen) atoms. The van der Waals surface area contributed by atoms with Gasteiger partial charge in [-0.2, -0.15) is 0 Å². The van der Waals surface area contributed by atoms with Gasteiger partial charge in [-0.3, -0.25) is 0 Å². The van der Waals surface area contributed by atoms with Crippen LogP contribution in [0.5, 0.6) is 0 Å². The van der Waals surface area contributed by atoms with Gasteiger partial charge >= 0.3 is 0 Å². The molecule has 1 N–H and O–H groups in total. The third kappa shape index (κ3) is 2.94. The molecule has 0 aromatic carbocycles. The fourth-order valence-corrected chi connectivity index (χ4v) is 3.75. The first-order valence-corrected chi connectivity index (χ1v) is 7.67. The molecule has 2 aromatic heterocycles. The zero-order valence-electron chi connectivity index (χ0n) is 8.94. The lowest BCUT2D eigenvalue weighted by Gasteiger charge is -2.06. The Kier molecular flexibility index (Phi) is 4.19. The Hall–Kier alpha value is -0.160.